The standard InChI is InChI=1S/C28H19Cl2N5O6/c1-14-23(25(33-40-14)17-7-3-5-9-19(17)29)27(36)31-16-11-12-22(35(38)39)21(13-16)32-28(37)24-15(2)41-34-26(24)18-8-4-6-10-20(18)30/h3-13H,1-2H3,(H,31,36)(H,32,37). The second-order valence-corrected chi connectivity index (χ2v) is 9.60. The van der Waals surface area contributed by atoms with E-state index in [4.69, 9.17) is 32.2 Å². The van der Waals surface area contributed by atoms with E-state index in [0.29, 0.717) is 21.2 Å². The molecule has 41 heavy (non-hydrogen) atoms. The van der Waals surface area contributed by atoms with Gasteiger partial charge in [0.1, 0.15) is 39.7 Å². The molecule has 0 aliphatic carbocycles. The predicted molar refractivity (Wildman–Crippen MR) is 152 cm³/mol. The van der Waals surface area contributed by atoms with Gasteiger partial charge in [-0.05, 0) is 38.1 Å². The van der Waals surface area contributed by atoms with Crippen molar-refractivity contribution in [3.8, 4) is 22.5 Å². The number of nitro groups is 1. The van der Waals surface area contributed by atoms with Gasteiger partial charge < -0.3 is 19.7 Å². The number of halogens is 2. The van der Waals surface area contributed by atoms with Crippen molar-refractivity contribution in [2.75, 3.05) is 10.6 Å². The van der Waals surface area contributed by atoms with Crippen molar-refractivity contribution >= 4 is 52.1 Å². The number of rotatable bonds is 7. The van der Waals surface area contributed by atoms with Crippen LogP contribution in [0.5, 0.6) is 0 Å². The average molecular weight is 592 g/mol. The van der Waals surface area contributed by atoms with Crippen molar-refractivity contribution in [1.82, 2.24) is 10.3 Å². The molecule has 0 aliphatic rings. The number of nitro benzene ring substituents is 1. The molecule has 2 heterocycles. The molecule has 0 saturated heterocycles. The maximum Gasteiger partial charge on any atom is 0.292 e. The minimum absolute atomic E-state index is 0.0475. The number of amides is 2. The number of aromatic nitrogens is 2. The maximum atomic E-state index is 13.4. The summed E-state index contributed by atoms with van der Waals surface area (Å²) in [7, 11) is 0. The average Bonchev–Trinajstić information content (AvgIpc) is 3.51. The van der Waals surface area contributed by atoms with Gasteiger partial charge >= 0.3 is 0 Å². The highest BCUT2D eigenvalue weighted by Crippen LogP contribution is 2.35. The zero-order valence-corrected chi connectivity index (χ0v) is 22.9. The van der Waals surface area contributed by atoms with E-state index >= 15 is 0 Å². The SMILES string of the molecule is Cc1onc(-c2ccccc2Cl)c1C(=O)Nc1ccc([N+](=O)[O-])c(NC(=O)c2c(-c3ccccc3Cl)noc2C)c1. The van der Waals surface area contributed by atoms with Gasteiger partial charge in [-0.25, -0.2) is 0 Å². The fourth-order valence-electron chi connectivity index (χ4n) is 4.20. The van der Waals surface area contributed by atoms with Gasteiger partial charge in [0.2, 0.25) is 0 Å². The number of anilines is 2. The summed E-state index contributed by atoms with van der Waals surface area (Å²) in [6.45, 7) is 3.10. The van der Waals surface area contributed by atoms with Crippen LogP contribution in [-0.2, 0) is 0 Å². The summed E-state index contributed by atoms with van der Waals surface area (Å²) in [5.74, 6) is -0.899. The fraction of sp³-hybridized carbons (Fsp3) is 0.0714. The molecule has 0 radical (unpaired) electrons. The number of hydrogen-bond acceptors (Lipinski definition) is 8. The number of nitrogens with zero attached hydrogens (tertiary/aromatic N) is 3. The molecule has 0 spiro atoms. The summed E-state index contributed by atoms with van der Waals surface area (Å²) in [6, 6.07) is 17.3. The van der Waals surface area contributed by atoms with E-state index in [1.807, 2.05) is 0 Å². The quantitative estimate of drug-likeness (QED) is 0.147. The van der Waals surface area contributed by atoms with Crippen LogP contribution in [0.1, 0.15) is 32.2 Å². The van der Waals surface area contributed by atoms with Crippen molar-refractivity contribution < 1.29 is 23.6 Å². The Morgan fingerprint density at radius 3 is 1.76 bits per heavy atom. The van der Waals surface area contributed by atoms with Gasteiger partial charge in [-0.2, -0.15) is 0 Å². The van der Waals surface area contributed by atoms with Crippen LogP contribution >= 0.6 is 23.2 Å². The van der Waals surface area contributed by atoms with Crippen LogP contribution in [0.3, 0.4) is 0 Å². The third kappa shape index (κ3) is 5.40. The first-order valence-corrected chi connectivity index (χ1v) is 12.7. The lowest BCUT2D eigenvalue weighted by atomic mass is 10.0. The van der Waals surface area contributed by atoms with E-state index in [0.717, 1.165) is 6.07 Å². The van der Waals surface area contributed by atoms with E-state index in [1.54, 1.807) is 55.5 Å². The van der Waals surface area contributed by atoms with Crippen LogP contribution in [0.4, 0.5) is 17.1 Å². The van der Waals surface area contributed by atoms with Crippen molar-refractivity contribution in [3.05, 3.63) is 110 Å². The van der Waals surface area contributed by atoms with Crippen LogP contribution in [0.15, 0.2) is 75.8 Å². The number of aryl methyl sites for hydroxylation is 2. The minimum atomic E-state index is -0.721. The first kappa shape index (κ1) is 27.6. The molecule has 0 bridgehead atoms. The van der Waals surface area contributed by atoms with E-state index in [1.165, 1.54) is 19.1 Å². The Labute approximate surface area is 242 Å². The van der Waals surface area contributed by atoms with Gasteiger partial charge in [0.15, 0.2) is 0 Å². The van der Waals surface area contributed by atoms with Gasteiger partial charge in [-0.15, -0.1) is 0 Å². The molecule has 2 aromatic heterocycles. The molecular formula is C28H19Cl2N5O6. The number of carbonyl (C=O) groups excluding carboxylic acids is 2. The Hall–Kier alpha value is -5.00. The molecule has 206 valence electrons. The molecule has 5 rings (SSSR count). The summed E-state index contributed by atoms with van der Waals surface area (Å²) in [5, 5.41) is 25.7. The highest BCUT2D eigenvalue weighted by Gasteiger charge is 2.27. The van der Waals surface area contributed by atoms with E-state index in [2.05, 4.69) is 20.9 Å². The number of carbonyl (C=O) groups is 2. The second-order valence-electron chi connectivity index (χ2n) is 8.78. The van der Waals surface area contributed by atoms with E-state index < -0.39 is 22.4 Å². The summed E-state index contributed by atoms with van der Waals surface area (Å²) in [5.41, 5.74) is 1.12. The third-order valence-corrected chi connectivity index (χ3v) is 6.80. The molecule has 0 atom stereocenters. The molecule has 2 amide bonds. The normalized spacial score (nSPS) is 10.8. The van der Waals surface area contributed by atoms with Crippen LogP contribution in [0, 0.1) is 24.0 Å². The summed E-state index contributed by atoms with van der Waals surface area (Å²) in [4.78, 5) is 37.8. The topological polar surface area (TPSA) is 153 Å². The van der Waals surface area contributed by atoms with Gasteiger partial charge in [0, 0.05) is 22.9 Å². The van der Waals surface area contributed by atoms with Crippen LogP contribution < -0.4 is 10.6 Å². The van der Waals surface area contributed by atoms with Crippen LogP contribution in [-0.4, -0.2) is 27.1 Å². The van der Waals surface area contributed by atoms with E-state index in [9.17, 15) is 19.7 Å². The van der Waals surface area contributed by atoms with Crippen molar-refractivity contribution in [2.45, 2.75) is 13.8 Å². The Morgan fingerprint density at radius 1 is 0.780 bits per heavy atom. The third-order valence-electron chi connectivity index (χ3n) is 6.14. The largest absolute Gasteiger partial charge is 0.360 e. The highest BCUT2D eigenvalue weighted by molar-refractivity contribution is 6.34. The molecule has 2 N–H and O–H groups in total. The Kier molecular flexibility index (Phi) is 7.56. The second kappa shape index (κ2) is 11.2. The lowest BCUT2D eigenvalue weighted by molar-refractivity contribution is -0.383. The van der Waals surface area contributed by atoms with Gasteiger partial charge in [-0.3, -0.25) is 19.7 Å². The zero-order chi connectivity index (χ0) is 29.3. The van der Waals surface area contributed by atoms with Crippen molar-refractivity contribution in [1.29, 1.82) is 0 Å². The van der Waals surface area contributed by atoms with Gasteiger partial charge in [0.25, 0.3) is 17.5 Å². The lowest BCUT2D eigenvalue weighted by Gasteiger charge is -2.11. The highest BCUT2D eigenvalue weighted by atomic mass is 35.5. The molecule has 0 aliphatic heterocycles. The van der Waals surface area contributed by atoms with Gasteiger partial charge in [-0.1, -0.05) is 69.9 Å². The first-order chi connectivity index (χ1) is 19.7. The summed E-state index contributed by atoms with van der Waals surface area (Å²) in [6.07, 6.45) is 0. The van der Waals surface area contributed by atoms with E-state index in [-0.39, 0.29) is 45.4 Å². The number of hydrogen-bond donors (Lipinski definition) is 2. The molecule has 13 heteroatoms. The summed E-state index contributed by atoms with van der Waals surface area (Å²) >= 11 is 12.6. The van der Waals surface area contributed by atoms with Crippen molar-refractivity contribution in [2.24, 2.45) is 0 Å². The molecule has 0 unspecified atom stereocenters. The zero-order valence-electron chi connectivity index (χ0n) is 21.4. The maximum absolute atomic E-state index is 13.4. The molecule has 0 saturated carbocycles. The van der Waals surface area contributed by atoms with Gasteiger partial charge in [0.05, 0.1) is 15.0 Å². The van der Waals surface area contributed by atoms with Crippen LogP contribution in [0.2, 0.25) is 10.0 Å². The number of nitrogens with one attached hydrogen (secondary N) is 2. The molecule has 5 aromatic rings. The number of benzene rings is 3. The smallest absolute Gasteiger partial charge is 0.292 e. The first-order valence-electron chi connectivity index (χ1n) is 12.0. The fourth-order valence-corrected chi connectivity index (χ4v) is 4.66. The minimum Gasteiger partial charge on any atom is -0.360 e. The molecule has 3 aromatic carbocycles. The van der Waals surface area contributed by atoms with Crippen molar-refractivity contribution in [3.63, 3.8) is 0 Å². The Morgan fingerprint density at radius 2 is 1.27 bits per heavy atom. The monoisotopic (exact) mass is 591 g/mol. The summed E-state index contributed by atoms with van der Waals surface area (Å²) < 4.78 is 10.5. The molecule has 0 fully saturated rings. The predicted octanol–water partition coefficient (Wildman–Crippen LogP) is 7.33. The molecule has 11 nitrogen and oxygen atoms in total. The lowest BCUT2D eigenvalue weighted by Crippen LogP contribution is -2.16. The van der Waals surface area contributed by atoms with Crippen LogP contribution in [0.25, 0.3) is 22.5 Å². The molecular weight excluding hydrogens is 573 g/mol. The Bertz CT molecular complexity index is 1830. The Balaban J connectivity index is 1.47.